The van der Waals surface area contributed by atoms with Crippen molar-refractivity contribution in [1.82, 2.24) is 4.90 Å². The first kappa shape index (κ1) is 17.8. The zero-order chi connectivity index (χ0) is 18.0. The van der Waals surface area contributed by atoms with E-state index in [9.17, 15) is 9.59 Å². The van der Waals surface area contributed by atoms with Crippen molar-refractivity contribution in [2.75, 3.05) is 0 Å². The molecule has 2 aromatic carbocycles. The average molecular weight is 372 g/mol. The number of carbonyl (C=O) groups is 2. The van der Waals surface area contributed by atoms with Crippen LogP contribution in [0.2, 0.25) is 5.02 Å². The smallest absolute Gasteiger partial charge is 0.268 e. The number of hydrogen-bond acceptors (Lipinski definition) is 3. The van der Waals surface area contributed by atoms with Crippen LogP contribution in [0.5, 0.6) is 0 Å². The summed E-state index contributed by atoms with van der Waals surface area (Å²) in [5.41, 5.74) is 3.03. The van der Waals surface area contributed by atoms with Gasteiger partial charge in [0.15, 0.2) is 0 Å². The second-order valence-corrected chi connectivity index (χ2v) is 7.65. The fourth-order valence-electron chi connectivity index (χ4n) is 2.54. The summed E-state index contributed by atoms with van der Waals surface area (Å²) >= 11 is 6.85. The van der Waals surface area contributed by atoms with Crippen LogP contribution in [-0.2, 0) is 11.3 Å². The first-order valence-corrected chi connectivity index (χ1v) is 9.23. The van der Waals surface area contributed by atoms with Gasteiger partial charge in [0, 0.05) is 5.02 Å². The Kier molecular flexibility index (Phi) is 5.30. The summed E-state index contributed by atoms with van der Waals surface area (Å²) < 4.78 is 0. The Balaban J connectivity index is 1.77. The molecule has 1 aliphatic heterocycles. The van der Waals surface area contributed by atoms with Crippen LogP contribution < -0.4 is 0 Å². The van der Waals surface area contributed by atoms with Crippen molar-refractivity contribution < 1.29 is 9.59 Å². The lowest BCUT2D eigenvalue weighted by Crippen LogP contribution is -2.27. The van der Waals surface area contributed by atoms with Crippen LogP contribution in [0.4, 0.5) is 4.79 Å². The molecule has 128 valence electrons. The summed E-state index contributed by atoms with van der Waals surface area (Å²) in [6.07, 6.45) is 1.77. The first-order chi connectivity index (χ1) is 11.9. The van der Waals surface area contributed by atoms with E-state index in [1.54, 1.807) is 18.2 Å². The van der Waals surface area contributed by atoms with Gasteiger partial charge in [-0.05, 0) is 52.6 Å². The summed E-state index contributed by atoms with van der Waals surface area (Å²) in [4.78, 5) is 26.5. The molecule has 1 fully saturated rings. The third kappa shape index (κ3) is 4.14. The average Bonchev–Trinajstić information content (AvgIpc) is 2.85. The number of amides is 2. The fourth-order valence-corrected chi connectivity index (χ4v) is 3.50. The van der Waals surface area contributed by atoms with Crippen molar-refractivity contribution >= 4 is 40.6 Å². The Morgan fingerprint density at radius 1 is 1.04 bits per heavy atom. The summed E-state index contributed by atoms with van der Waals surface area (Å²) in [6, 6.07) is 15.2. The molecule has 1 saturated heterocycles. The molecule has 1 aliphatic rings. The SMILES string of the molecule is CC(C)c1ccc(/C=C2\SC(=O)N(Cc3ccc(Cl)cc3)C2=O)cc1. The molecule has 0 spiro atoms. The predicted molar refractivity (Wildman–Crippen MR) is 103 cm³/mol. The number of imide groups is 1. The predicted octanol–water partition coefficient (Wildman–Crippen LogP) is 5.70. The van der Waals surface area contributed by atoms with Gasteiger partial charge >= 0.3 is 0 Å². The van der Waals surface area contributed by atoms with E-state index >= 15 is 0 Å². The summed E-state index contributed by atoms with van der Waals surface area (Å²) in [5, 5.41) is 0.382. The van der Waals surface area contributed by atoms with E-state index in [0.29, 0.717) is 15.8 Å². The lowest BCUT2D eigenvalue weighted by Gasteiger charge is -2.12. The number of benzene rings is 2. The molecule has 5 heteroatoms. The van der Waals surface area contributed by atoms with Crippen LogP contribution in [0.1, 0.15) is 36.5 Å². The fraction of sp³-hybridized carbons (Fsp3) is 0.200. The molecule has 0 N–H and O–H groups in total. The number of nitrogens with zero attached hydrogens (tertiary/aromatic N) is 1. The lowest BCUT2D eigenvalue weighted by atomic mass is 10.0. The van der Waals surface area contributed by atoms with Crippen molar-refractivity contribution in [1.29, 1.82) is 0 Å². The van der Waals surface area contributed by atoms with Gasteiger partial charge in [0.1, 0.15) is 0 Å². The highest BCUT2D eigenvalue weighted by molar-refractivity contribution is 8.18. The largest absolute Gasteiger partial charge is 0.293 e. The molecule has 2 amide bonds. The van der Waals surface area contributed by atoms with Crippen LogP contribution in [0.25, 0.3) is 6.08 Å². The molecule has 25 heavy (non-hydrogen) atoms. The van der Waals surface area contributed by atoms with E-state index in [1.807, 2.05) is 24.3 Å². The zero-order valence-electron chi connectivity index (χ0n) is 14.0. The van der Waals surface area contributed by atoms with Gasteiger partial charge in [-0.3, -0.25) is 14.5 Å². The van der Waals surface area contributed by atoms with E-state index in [2.05, 4.69) is 26.0 Å². The highest BCUT2D eigenvalue weighted by Crippen LogP contribution is 2.33. The monoisotopic (exact) mass is 371 g/mol. The highest BCUT2D eigenvalue weighted by Gasteiger charge is 2.34. The van der Waals surface area contributed by atoms with Crippen LogP contribution in [0.15, 0.2) is 53.4 Å². The van der Waals surface area contributed by atoms with Crippen LogP contribution in [0.3, 0.4) is 0 Å². The molecule has 2 aromatic rings. The van der Waals surface area contributed by atoms with Gasteiger partial charge in [0.05, 0.1) is 11.4 Å². The van der Waals surface area contributed by atoms with Gasteiger partial charge < -0.3 is 0 Å². The van der Waals surface area contributed by atoms with Gasteiger partial charge in [0.2, 0.25) is 0 Å². The Labute approximate surface area is 156 Å². The molecule has 0 radical (unpaired) electrons. The maximum atomic E-state index is 12.6. The van der Waals surface area contributed by atoms with Crippen LogP contribution in [0, 0.1) is 0 Å². The Hall–Kier alpha value is -2.04. The quantitative estimate of drug-likeness (QED) is 0.647. The molecule has 3 nitrogen and oxygen atoms in total. The molecule has 0 bridgehead atoms. The van der Waals surface area contributed by atoms with Crippen molar-refractivity contribution in [2.45, 2.75) is 26.3 Å². The van der Waals surface area contributed by atoms with E-state index in [1.165, 1.54) is 10.5 Å². The van der Waals surface area contributed by atoms with Crippen molar-refractivity contribution in [2.24, 2.45) is 0 Å². The third-order valence-electron chi connectivity index (χ3n) is 4.03. The number of rotatable bonds is 4. The van der Waals surface area contributed by atoms with Crippen molar-refractivity contribution in [3.8, 4) is 0 Å². The van der Waals surface area contributed by atoms with E-state index in [0.717, 1.165) is 22.9 Å². The van der Waals surface area contributed by atoms with Gasteiger partial charge in [0.25, 0.3) is 11.1 Å². The summed E-state index contributed by atoms with van der Waals surface area (Å²) in [5.74, 6) is 0.207. The molecular formula is C20H18ClNO2S. The molecule has 0 aliphatic carbocycles. The second kappa shape index (κ2) is 7.46. The Bertz CT molecular complexity index is 826. The maximum Gasteiger partial charge on any atom is 0.293 e. The van der Waals surface area contributed by atoms with Gasteiger partial charge in [-0.1, -0.05) is 61.8 Å². The molecule has 0 atom stereocenters. The maximum absolute atomic E-state index is 12.6. The van der Waals surface area contributed by atoms with Crippen LogP contribution in [-0.4, -0.2) is 16.0 Å². The minimum absolute atomic E-state index is 0.245. The van der Waals surface area contributed by atoms with E-state index < -0.39 is 0 Å². The topological polar surface area (TPSA) is 37.4 Å². The Morgan fingerprint density at radius 2 is 1.68 bits per heavy atom. The third-order valence-corrected chi connectivity index (χ3v) is 5.19. The molecule has 0 unspecified atom stereocenters. The molecule has 0 saturated carbocycles. The molecule has 0 aromatic heterocycles. The summed E-state index contributed by atoms with van der Waals surface area (Å²) in [6.45, 7) is 4.53. The van der Waals surface area contributed by atoms with Gasteiger partial charge in [-0.2, -0.15) is 0 Å². The lowest BCUT2D eigenvalue weighted by molar-refractivity contribution is -0.123. The van der Waals surface area contributed by atoms with Gasteiger partial charge in [-0.15, -0.1) is 0 Å². The van der Waals surface area contributed by atoms with E-state index in [4.69, 9.17) is 11.6 Å². The first-order valence-electron chi connectivity index (χ1n) is 8.04. The van der Waals surface area contributed by atoms with Gasteiger partial charge in [-0.25, -0.2) is 0 Å². The van der Waals surface area contributed by atoms with E-state index in [-0.39, 0.29) is 17.7 Å². The summed E-state index contributed by atoms with van der Waals surface area (Å²) in [7, 11) is 0. The number of thioether (sulfide) groups is 1. The minimum atomic E-state index is -0.252. The number of hydrogen-bond donors (Lipinski definition) is 0. The Morgan fingerprint density at radius 3 is 2.28 bits per heavy atom. The van der Waals surface area contributed by atoms with Crippen molar-refractivity contribution in [3.63, 3.8) is 0 Å². The highest BCUT2D eigenvalue weighted by atomic mass is 35.5. The molecule has 3 rings (SSSR count). The zero-order valence-corrected chi connectivity index (χ0v) is 15.6. The number of carbonyl (C=O) groups excluding carboxylic acids is 2. The standard InChI is InChI=1S/C20H18ClNO2S/c1-13(2)16-7-3-14(4-8-16)11-18-19(23)22(20(24)25-18)12-15-5-9-17(21)10-6-15/h3-11,13H,12H2,1-2H3/b18-11-. The number of halogens is 1. The minimum Gasteiger partial charge on any atom is -0.268 e. The van der Waals surface area contributed by atoms with Crippen LogP contribution >= 0.6 is 23.4 Å². The second-order valence-electron chi connectivity index (χ2n) is 6.22. The normalized spacial score (nSPS) is 16.3. The molecule has 1 heterocycles. The van der Waals surface area contributed by atoms with Crippen molar-refractivity contribution in [3.05, 3.63) is 75.1 Å². The molecular weight excluding hydrogens is 354 g/mol.